The van der Waals surface area contributed by atoms with Gasteiger partial charge in [0.25, 0.3) is 0 Å². The predicted molar refractivity (Wildman–Crippen MR) is 116 cm³/mol. The van der Waals surface area contributed by atoms with Gasteiger partial charge in [-0.3, -0.25) is 4.79 Å². The number of nitrogens with zero attached hydrogens (tertiary/aromatic N) is 1. The van der Waals surface area contributed by atoms with Gasteiger partial charge in [-0.05, 0) is 72.9 Å². The van der Waals surface area contributed by atoms with E-state index in [0.717, 1.165) is 38.8 Å². The first kappa shape index (κ1) is 19.5. The van der Waals surface area contributed by atoms with Gasteiger partial charge in [0.15, 0.2) is 0 Å². The zero-order valence-corrected chi connectivity index (χ0v) is 17.1. The third kappa shape index (κ3) is 3.58. The van der Waals surface area contributed by atoms with Crippen molar-refractivity contribution >= 4 is 18.3 Å². The molecule has 148 valence electrons. The summed E-state index contributed by atoms with van der Waals surface area (Å²) in [5.74, 6) is 0.373. The van der Waals surface area contributed by atoms with Crippen LogP contribution >= 0.6 is 12.4 Å². The Labute approximate surface area is 173 Å². The number of rotatable bonds is 4. The first-order chi connectivity index (χ1) is 13.3. The lowest BCUT2D eigenvalue weighted by Crippen LogP contribution is -2.42. The third-order valence-corrected chi connectivity index (χ3v) is 6.66. The summed E-state index contributed by atoms with van der Waals surface area (Å²) in [7, 11) is 0. The Hall–Kier alpha value is -1.84. The van der Waals surface area contributed by atoms with Gasteiger partial charge in [-0.15, -0.1) is 12.4 Å². The lowest BCUT2D eigenvalue weighted by molar-refractivity contribution is -0.133. The molecule has 0 aromatic heterocycles. The average Bonchev–Trinajstić information content (AvgIpc) is 3.17. The first-order valence-corrected chi connectivity index (χ1v) is 10.5. The Bertz CT molecular complexity index is 851. The van der Waals surface area contributed by atoms with Crippen molar-refractivity contribution in [2.24, 2.45) is 0 Å². The Kier molecular flexibility index (Phi) is 5.75. The molecule has 2 bridgehead atoms. The van der Waals surface area contributed by atoms with Crippen LogP contribution in [0.15, 0.2) is 42.5 Å². The fraction of sp³-hybridized carbons (Fsp3) is 0.458. The van der Waals surface area contributed by atoms with Crippen LogP contribution in [0.4, 0.5) is 0 Å². The molecule has 2 saturated heterocycles. The molecule has 2 atom stereocenters. The third-order valence-electron chi connectivity index (χ3n) is 6.66. The first-order valence-electron chi connectivity index (χ1n) is 10.5. The van der Waals surface area contributed by atoms with E-state index in [2.05, 4.69) is 52.7 Å². The van der Waals surface area contributed by atoms with Crippen molar-refractivity contribution in [3.05, 3.63) is 59.2 Å². The van der Waals surface area contributed by atoms with Crippen molar-refractivity contribution in [1.82, 2.24) is 10.2 Å². The lowest BCUT2D eigenvalue weighted by atomic mass is 10.00. The van der Waals surface area contributed by atoms with Crippen LogP contribution in [-0.4, -0.2) is 36.0 Å². The van der Waals surface area contributed by atoms with Crippen LogP contribution in [0.3, 0.4) is 0 Å². The fourth-order valence-corrected chi connectivity index (χ4v) is 5.29. The van der Waals surface area contributed by atoms with E-state index in [1.807, 2.05) is 0 Å². The monoisotopic (exact) mass is 396 g/mol. The van der Waals surface area contributed by atoms with E-state index in [9.17, 15) is 4.79 Å². The number of halogens is 1. The van der Waals surface area contributed by atoms with Crippen LogP contribution in [0.1, 0.15) is 48.8 Å². The smallest absolute Gasteiger partial charge is 0.223 e. The number of carbonyl (C=O) groups excluding carboxylic acids is 1. The van der Waals surface area contributed by atoms with E-state index in [-0.39, 0.29) is 12.4 Å². The van der Waals surface area contributed by atoms with Crippen molar-refractivity contribution in [2.75, 3.05) is 13.1 Å². The van der Waals surface area contributed by atoms with Gasteiger partial charge in [0, 0.05) is 25.0 Å². The number of fused-ring (bicyclic) bond motifs is 5. The summed E-state index contributed by atoms with van der Waals surface area (Å²) in [5.41, 5.74) is 7.01. The Morgan fingerprint density at radius 3 is 2.75 bits per heavy atom. The maximum Gasteiger partial charge on any atom is 0.223 e. The number of amides is 1. The Balaban J connectivity index is 0.00000192. The molecule has 2 heterocycles. The minimum absolute atomic E-state index is 0. The zero-order valence-electron chi connectivity index (χ0n) is 16.3. The fourth-order valence-electron chi connectivity index (χ4n) is 5.29. The molecule has 2 aromatic carbocycles. The highest BCUT2D eigenvalue weighted by atomic mass is 35.5. The predicted octanol–water partition coefficient (Wildman–Crippen LogP) is 4.36. The van der Waals surface area contributed by atoms with Gasteiger partial charge in [-0.2, -0.15) is 0 Å². The summed E-state index contributed by atoms with van der Waals surface area (Å²) >= 11 is 0. The van der Waals surface area contributed by atoms with Crippen molar-refractivity contribution in [3.63, 3.8) is 0 Å². The van der Waals surface area contributed by atoms with Crippen LogP contribution in [0, 0.1) is 0 Å². The average molecular weight is 397 g/mol. The molecular weight excluding hydrogens is 368 g/mol. The highest BCUT2D eigenvalue weighted by Crippen LogP contribution is 2.37. The van der Waals surface area contributed by atoms with Gasteiger partial charge in [0.2, 0.25) is 5.91 Å². The Morgan fingerprint density at radius 1 is 1.00 bits per heavy atom. The quantitative estimate of drug-likeness (QED) is 0.710. The second-order valence-electron chi connectivity index (χ2n) is 8.36. The molecule has 0 radical (unpaired) electrons. The van der Waals surface area contributed by atoms with Gasteiger partial charge in [-0.25, -0.2) is 0 Å². The van der Waals surface area contributed by atoms with Gasteiger partial charge >= 0.3 is 0 Å². The number of hydrogen-bond donors (Lipinski definition) is 1. The van der Waals surface area contributed by atoms with Gasteiger partial charge in [0.1, 0.15) is 0 Å². The molecule has 5 rings (SSSR count). The second kappa shape index (κ2) is 8.26. The van der Waals surface area contributed by atoms with Crippen LogP contribution in [0.25, 0.3) is 11.1 Å². The second-order valence-corrected chi connectivity index (χ2v) is 8.36. The van der Waals surface area contributed by atoms with Crippen LogP contribution in [0.2, 0.25) is 0 Å². The molecular formula is C24H29ClN2O. The van der Waals surface area contributed by atoms with E-state index >= 15 is 0 Å². The van der Waals surface area contributed by atoms with Crippen molar-refractivity contribution < 1.29 is 4.79 Å². The highest BCUT2D eigenvalue weighted by molar-refractivity contribution is 5.85. The zero-order chi connectivity index (χ0) is 18.2. The summed E-state index contributed by atoms with van der Waals surface area (Å²) in [6.45, 7) is 2.04. The van der Waals surface area contributed by atoms with E-state index in [1.165, 1.54) is 40.7 Å². The van der Waals surface area contributed by atoms with Crippen LogP contribution < -0.4 is 5.32 Å². The van der Waals surface area contributed by atoms with Gasteiger partial charge in [0.05, 0.1) is 0 Å². The van der Waals surface area contributed by atoms with E-state index in [1.54, 1.807) is 0 Å². The topological polar surface area (TPSA) is 32.3 Å². The number of nitrogens with one attached hydrogen (secondary N) is 1. The Morgan fingerprint density at radius 2 is 1.82 bits per heavy atom. The van der Waals surface area contributed by atoms with Gasteiger partial charge in [-0.1, -0.05) is 42.5 Å². The molecule has 4 heteroatoms. The maximum atomic E-state index is 12.9. The minimum atomic E-state index is 0. The maximum absolute atomic E-state index is 12.9. The summed E-state index contributed by atoms with van der Waals surface area (Å²) in [5, 5.41) is 3.48. The molecule has 3 aliphatic rings. The summed E-state index contributed by atoms with van der Waals surface area (Å²) in [6, 6.07) is 16.5. The SMILES string of the molecule is Cl.O=C(CCCc1ccc2c(c1)-c1ccccc1C2)N1C2CCNCC1CC2. The van der Waals surface area contributed by atoms with Crippen molar-refractivity contribution in [1.29, 1.82) is 0 Å². The highest BCUT2D eigenvalue weighted by Gasteiger charge is 2.37. The van der Waals surface area contributed by atoms with E-state index in [4.69, 9.17) is 0 Å². The van der Waals surface area contributed by atoms with Crippen molar-refractivity contribution in [2.45, 2.75) is 57.0 Å². The molecule has 28 heavy (non-hydrogen) atoms. The van der Waals surface area contributed by atoms with E-state index in [0.29, 0.717) is 24.4 Å². The molecule has 2 unspecified atom stereocenters. The number of aryl methyl sites for hydroxylation is 1. The minimum Gasteiger partial charge on any atom is -0.335 e. The van der Waals surface area contributed by atoms with Gasteiger partial charge < -0.3 is 10.2 Å². The van der Waals surface area contributed by atoms with Crippen molar-refractivity contribution in [3.8, 4) is 11.1 Å². The molecule has 2 aromatic rings. The molecule has 1 aliphatic carbocycles. The molecule has 2 fully saturated rings. The summed E-state index contributed by atoms with van der Waals surface area (Å²) in [4.78, 5) is 15.1. The molecule has 0 saturated carbocycles. The van der Waals surface area contributed by atoms with Crippen LogP contribution in [-0.2, 0) is 17.6 Å². The molecule has 1 amide bonds. The summed E-state index contributed by atoms with van der Waals surface area (Å²) < 4.78 is 0. The standard InChI is InChI=1S/C24H28N2O.ClH/c27-24(26-20-10-11-21(26)16-25-13-12-20)7-3-4-17-8-9-19-15-18-5-1-2-6-22(18)23(19)14-17;/h1-2,5-6,8-9,14,20-21,25H,3-4,7,10-13,15-16H2;1H. The number of hydrogen-bond acceptors (Lipinski definition) is 2. The van der Waals surface area contributed by atoms with E-state index < -0.39 is 0 Å². The number of carbonyl (C=O) groups is 1. The lowest BCUT2D eigenvalue weighted by Gasteiger charge is -2.28. The largest absolute Gasteiger partial charge is 0.335 e. The normalized spacial score (nSPS) is 22.2. The molecule has 1 N–H and O–H groups in total. The van der Waals surface area contributed by atoms with Crippen LogP contribution in [0.5, 0.6) is 0 Å². The molecule has 2 aliphatic heterocycles. The summed E-state index contributed by atoms with van der Waals surface area (Å²) in [6.07, 6.45) is 7.16. The molecule has 3 nitrogen and oxygen atoms in total. The molecule has 0 spiro atoms. The number of benzene rings is 2.